The molecular weight excluding hydrogens is 258 g/mol. The number of benzene rings is 1. The van der Waals surface area contributed by atoms with Crippen molar-refractivity contribution in [2.75, 3.05) is 0 Å². The van der Waals surface area contributed by atoms with Gasteiger partial charge in [0.25, 0.3) is 0 Å². The molecule has 1 rings (SSSR count). The van der Waals surface area contributed by atoms with E-state index in [-0.39, 0.29) is 5.91 Å². The highest BCUT2D eigenvalue weighted by Crippen LogP contribution is 2.20. The molecule has 0 atom stereocenters. The maximum absolute atomic E-state index is 11.7. The van der Waals surface area contributed by atoms with Gasteiger partial charge in [0.15, 0.2) is 0 Å². The molecule has 1 aromatic carbocycles. The Labute approximate surface area is 130 Å². The number of primary amides is 1. The van der Waals surface area contributed by atoms with E-state index in [4.69, 9.17) is 5.73 Å². The number of carbonyl (C=O) groups is 1. The summed E-state index contributed by atoms with van der Waals surface area (Å²) in [4.78, 5) is 11.7. The van der Waals surface area contributed by atoms with E-state index in [0.29, 0.717) is 0 Å². The summed E-state index contributed by atoms with van der Waals surface area (Å²) in [5.74, 6) is -0.282. The summed E-state index contributed by atoms with van der Waals surface area (Å²) in [6, 6.07) is 6.03. The first-order valence-corrected chi connectivity index (χ1v) is 8.61. The molecule has 118 valence electrons. The lowest BCUT2D eigenvalue weighted by Gasteiger charge is -2.13. The molecule has 0 aliphatic carbocycles. The molecule has 0 saturated carbocycles. The highest BCUT2D eigenvalue weighted by molar-refractivity contribution is 5.94. The average molecular weight is 289 g/mol. The third kappa shape index (κ3) is 6.33. The van der Waals surface area contributed by atoms with Gasteiger partial charge in [0.2, 0.25) is 5.91 Å². The van der Waals surface area contributed by atoms with Gasteiger partial charge in [-0.05, 0) is 42.9 Å². The van der Waals surface area contributed by atoms with Gasteiger partial charge in [-0.2, -0.15) is 0 Å². The summed E-state index contributed by atoms with van der Waals surface area (Å²) < 4.78 is 0. The minimum absolute atomic E-state index is 0.282. The van der Waals surface area contributed by atoms with E-state index in [1.807, 2.05) is 12.1 Å². The second-order valence-electron chi connectivity index (χ2n) is 5.93. The average Bonchev–Trinajstić information content (AvgIpc) is 2.48. The zero-order valence-corrected chi connectivity index (χ0v) is 13.8. The minimum atomic E-state index is -0.282. The Kier molecular flexibility index (Phi) is 8.80. The number of hydrogen-bond acceptors (Lipinski definition) is 1. The van der Waals surface area contributed by atoms with Crippen molar-refractivity contribution in [1.29, 1.82) is 0 Å². The molecule has 0 bridgehead atoms. The van der Waals surface area contributed by atoms with Gasteiger partial charge in [0.1, 0.15) is 0 Å². The van der Waals surface area contributed by atoms with E-state index in [2.05, 4.69) is 19.9 Å². The molecule has 0 radical (unpaired) electrons. The van der Waals surface area contributed by atoms with Crippen molar-refractivity contribution in [2.45, 2.75) is 78.1 Å². The first-order chi connectivity index (χ1) is 10.2. The fraction of sp³-hybridized carbons (Fsp3) is 0.632. The molecule has 1 aromatic rings. The van der Waals surface area contributed by atoms with Gasteiger partial charge in [-0.1, -0.05) is 64.5 Å². The number of amides is 1. The maximum Gasteiger partial charge on any atom is 0.248 e. The van der Waals surface area contributed by atoms with Gasteiger partial charge in [-0.25, -0.2) is 0 Å². The topological polar surface area (TPSA) is 43.1 Å². The second-order valence-corrected chi connectivity index (χ2v) is 5.93. The van der Waals surface area contributed by atoms with Crippen LogP contribution in [0.4, 0.5) is 0 Å². The summed E-state index contributed by atoms with van der Waals surface area (Å²) >= 11 is 0. The summed E-state index contributed by atoms with van der Waals surface area (Å²) in [5.41, 5.74) is 8.83. The lowest BCUT2D eigenvalue weighted by Crippen LogP contribution is -2.15. The lowest BCUT2D eigenvalue weighted by molar-refractivity contribution is 0.0999. The first-order valence-electron chi connectivity index (χ1n) is 8.61. The Balaban J connectivity index is 2.74. The van der Waals surface area contributed by atoms with E-state index >= 15 is 0 Å². The van der Waals surface area contributed by atoms with Crippen LogP contribution in [0.1, 0.15) is 86.7 Å². The fourth-order valence-corrected chi connectivity index (χ4v) is 2.87. The van der Waals surface area contributed by atoms with Crippen molar-refractivity contribution in [1.82, 2.24) is 0 Å². The normalized spacial score (nSPS) is 10.8. The summed E-state index contributed by atoms with van der Waals surface area (Å²) in [6.45, 7) is 4.45. The summed E-state index contributed by atoms with van der Waals surface area (Å²) in [6.07, 6.45) is 12.0. The van der Waals surface area contributed by atoms with Crippen molar-refractivity contribution in [3.63, 3.8) is 0 Å². The standard InChI is InChI=1S/C19H31NO/c1-3-5-7-9-12-16-13-11-15-18(19(20)21)17(16)14-10-8-6-4-2/h11,13,15H,3-10,12,14H2,1-2H3,(H2,20,21). The fourth-order valence-electron chi connectivity index (χ4n) is 2.87. The third-order valence-corrected chi connectivity index (χ3v) is 4.12. The SMILES string of the molecule is CCCCCCc1cccc(C(N)=O)c1CCCCCC. The molecule has 0 unspecified atom stereocenters. The van der Waals surface area contributed by atoms with Crippen LogP contribution in [0.15, 0.2) is 18.2 Å². The van der Waals surface area contributed by atoms with Crippen LogP contribution in [0.5, 0.6) is 0 Å². The van der Waals surface area contributed by atoms with Crippen molar-refractivity contribution in [3.8, 4) is 0 Å². The molecule has 2 N–H and O–H groups in total. The van der Waals surface area contributed by atoms with Gasteiger partial charge in [-0.3, -0.25) is 4.79 Å². The van der Waals surface area contributed by atoms with Crippen molar-refractivity contribution < 1.29 is 4.79 Å². The van der Waals surface area contributed by atoms with Crippen LogP contribution < -0.4 is 5.73 Å². The first kappa shape index (κ1) is 17.7. The van der Waals surface area contributed by atoms with E-state index < -0.39 is 0 Å². The molecule has 21 heavy (non-hydrogen) atoms. The highest BCUT2D eigenvalue weighted by atomic mass is 16.1. The smallest absolute Gasteiger partial charge is 0.248 e. The van der Waals surface area contributed by atoms with Crippen LogP contribution in [-0.4, -0.2) is 5.91 Å². The Morgan fingerprint density at radius 3 is 2.10 bits per heavy atom. The van der Waals surface area contributed by atoms with E-state index in [1.165, 1.54) is 56.1 Å². The van der Waals surface area contributed by atoms with Crippen LogP contribution in [0.25, 0.3) is 0 Å². The van der Waals surface area contributed by atoms with Gasteiger partial charge in [0, 0.05) is 5.56 Å². The molecule has 0 aromatic heterocycles. The van der Waals surface area contributed by atoms with Crippen LogP contribution >= 0.6 is 0 Å². The van der Waals surface area contributed by atoms with Gasteiger partial charge < -0.3 is 5.73 Å². The van der Waals surface area contributed by atoms with E-state index in [0.717, 1.165) is 24.8 Å². The van der Waals surface area contributed by atoms with Crippen LogP contribution in [0.2, 0.25) is 0 Å². The Morgan fingerprint density at radius 2 is 1.52 bits per heavy atom. The Bertz CT molecular complexity index is 426. The maximum atomic E-state index is 11.7. The van der Waals surface area contributed by atoms with Gasteiger partial charge >= 0.3 is 0 Å². The van der Waals surface area contributed by atoms with E-state index in [9.17, 15) is 4.79 Å². The quantitative estimate of drug-likeness (QED) is 0.570. The van der Waals surface area contributed by atoms with Gasteiger partial charge in [-0.15, -0.1) is 0 Å². The molecule has 2 nitrogen and oxygen atoms in total. The Hall–Kier alpha value is -1.31. The lowest BCUT2D eigenvalue weighted by atomic mass is 9.92. The van der Waals surface area contributed by atoms with Crippen molar-refractivity contribution in [3.05, 3.63) is 34.9 Å². The molecule has 0 aliphatic rings. The predicted octanol–water partition coefficient (Wildman–Crippen LogP) is 5.03. The summed E-state index contributed by atoms with van der Waals surface area (Å²) in [5, 5.41) is 0. The minimum Gasteiger partial charge on any atom is -0.366 e. The Morgan fingerprint density at radius 1 is 0.905 bits per heavy atom. The molecule has 0 saturated heterocycles. The zero-order valence-electron chi connectivity index (χ0n) is 13.8. The predicted molar refractivity (Wildman–Crippen MR) is 90.7 cm³/mol. The van der Waals surface area contributed by atoms with Crippen molar-refractivity contribution >= 4 is 5.91 Å². The highest BCUT2D eigenvalue weighted by Gasteiger charge is 2.12. The molecule has 1 amide bonds. The molecular formula is C19H31NO. The second kappa shape index (κ2) is 10.4. The molecule has 0 aliphatic heterocycles. The number of carbonyl (C=O) groups excluding carboxylic acids is 1. The molecule has 0 spiro atoms. The van der Waals surface area contributed by atoms with Crippen molar-refractivity contribution in [2.24, 2.45) is 5.73 Å². The zero-order chi connectivity index (χ0) is 15.5. The van der Waals surface area contributed by atoms with Crippen LogP contribution in [0, 0.1) is 0 Å². The molecule has 0 heterocycles. The van der Waals surface area contributed by atoms with Gasteiger partial charge in [0.05, 0.1) is 0 Å². The number of unbranched alkanes of at least 4 members (excludes halogenated alkanes) is 6. The number of hydrogen-bond donors (Lipinski definition) is 1. The largest absolute Gasteiger partial charge is 0.366 e. The monoisotopic (exact) mass is 289 g/mol. The third-order valence-electron chi connectivity index (χ3n) is 4.12. The number of rotatable bonds is 11. The molecule has 0 fully saturated rings. The van der Waals surface area contributed by atoms with Crippen LogP contribution in [0.3, 0.4) is 0 Å². The number of aryl methyl sites for hydroxylation is 1. The number of nitrogens with two attached hydrogens (primary N) is 1. The molecule has 2 heteroatoms. The van der Waals surface area contributed by atoms with Crippen LogP contribution in [-0.2, 0) is 12.8 Å². The summed E-state index contributed by atoms with van der Waals surface area (Å²) in [7, 11) is 0. The van der Waals surface area contributed by atoms with E-state index in [1.54, 1.807) is 0 Å².